The van der Waals surface area contributed by atoms with Crippen LogP contribution in [-0.2, 0) is 14.3 Å². The number of rotatable bonds is 20. The Bertz CT molecular complexity index is 619. The zero-order chi connectivity index (χ0) is 22.8. The van der Waals surface area contributed by atoms with Crippen molar-refractivity contribution in [2.24, 2.45) is 5.92 Å². The van der Waals surface area contributed by atoms with E-state index in [1.807, 2.05) is 19.1 Å². The SMILES string of the molecule is CCCCCCCCCC(CCCCCCCCC)COS(=O)(=O)c1ccc(C)cc1. The van der Waals surface area contributed by atoms with Gasteiger partial charge in [0.2, 0.25) is 0 Å². The molecule has 0 unspecified atom stereocenters. The van der Waals surface area contributed by atoms with Gasteiger partial charge in [0.25, 0.3) is 10.1 Å². The van der Waals surface area contributed by atoms with E-state index in [2.05, 4.69) is 13.8 Å². The molecule has 0 aromatic heterocycles. The molecule has 0 atom stereocenters. The average molecular weight is 453 g/mol. The molecule has 31 heavy (non-hydrogen) atoms. The molecule has 180 valence electrons. The largest absolute Gasteiger partial charge is 0.296 e. The summed E-state index contributed by atoms with van der Waals surface area (Å²) in [5, 5.41) is 0. The van der Waals surface area contributed by atoms with Gasteiger partial charge in [-0.25, -0.2) is 0 Å². The lowest BCUT2D eigenvalue weighted by molar-refractivity contribution is 0.229. The molecule has 0 fully saturated rings. The second-order valence-electron chi connectivity index (χ2n) is 9.24. The first kappa shape index (κ1) is 28.2. The van der Waals surface area contributed by atoms with Gasteiger partial charge in [0, 0.05) is 0 Å². The van der Waals surface area contributed by atoms with Gasteiger partial charge in [-0.05, 0) is 37.8 Å². The van der Waals surface area contributed by atoms with E-state index in [9.17, 15) is 8.42 Å². The number of benzene rings is 1. The van der Waals surface area contributed by atoms with Gasteiger partial charge in [-0.15, -0.1) is 0 Å². The summed E-state index contributed by atoms with van der Waals surface area (Å²) in [6.45, 7) is 6.78. The van der Waals surface area contributed by atoms with Gasteiger partial charge in [0.15, 0.2) is 0 Å². The predicted octanol–water partition coefficient (Wildman–Crippen LogP) is 8.60. The highest BCUT2D eigenvalue weighted by atomic mass is 32.2. The monoisotopic (exact) mass is 452 g/mol. The standard InChI is InChI=1S/C27H48O3S/c1-4-6-8-10-12-14-16-18-26(19-17-15-13-11-9-7-5-2)24-30-31(28,29)27-22-20-25(3)21-23-27/h20-23,26H,4-19,24H2,1-3H3. The molecule has 0 saturated heterocycles. The van der Waals surface area contributed by atoms with Crippen LogP contribution in [-0.4, -0.2) is 15.0 Å². The Labute approximate surface area is 193 Å². The minimum Gasteiger partial charge on any atom is -0.266 e. The van der Waals surface area contributed by atoms with Crippen LogP contribution in [0.4, 0.5) is 0 Å². The zero-order valence-corrected chi connectivity index (χ0v) is 21.4. The van der Waals surface area contributed by atoms with Crippen molar-refractivity contribution in [2.75, 3.05) is 6.61 Å². The van der Waals surface area contributed by atoms with Crippen LogP contribution in [0.15, 0.2) is 29.2 Å². The van der Waals surface area contributed by atoms with Crippen molar-refractivity contribution in [1.29, 1.82) is 0 Å². The van der Waals surface area contributed by atoms with Crippen LogP contribution in [0.2, 0.25) is 0 Å². The molecule has 1 aromatic carbocycles. The molecule has 0 aliphatic heterocycles. The van der Waals surface area contributed by atoms with E-state index in [-0.39, 0.29) is 4.90 Å². The molecule has 0 N–H and O–H groups in total. The van der Waals surface area contributed by atoms with E-state index in [0.717, 1.165) is 18.4 Å². The molecule has 3 nitrogen and oxygen atoms in total. The molecule has 0 spiro atoms. The summed E-state index contributed by atoms with van der Waals surface area (Å²) < 4.78 is 30.7. The van der Waals surface area contributed by atoms with Crippen molar-refractivity contribution in [1.82, 2.24) is 0 Å². The Morgan fingerprint density at radius 3 is 1.55 bits per heavy atom. The van der Waals surface area contributed by atoms with Crippen molar-refractivity contribution < 1.29 is 12.6 Å². The van der Waals surface area contributed by atoms with Crippen LogP contribution in [0.1, 0.15) is 122 Å². The zero-order valence-electron chi connectivity index (χ0n) is 20.5. The first-order valence-electron chi connectivity index (χ1n) is 13.0. The third kappa shape index (κ3) is 14.0. The highest BCUT2D eigenvalue weighted by molar-refractivity contribution is 7.86. The fraction of sp³-hybridized carbons (Fsp3) is 0.778. The molecular weight excluding hydrogens is 404 g/mol. The van der Waals surface area contributed by atoms with Gasteiger partial charge in [0.1, 0.15) is 0 Å². The van der Waals surface area contributed by atoms with Crippen LogP contribution in [0.5, 0.6) is 0 Å². The third-order valence-electron chi connectivity index (χ3n) is 6.20. The number of hydrogen-bond acceptors (Lipinski definition) is 3. The second kappa shape index (κ2) is 17.7. The van der Waals surface area contributed by atoms with Crippen molar-refractivity contribution in [3.8, 4) is 0 Å². The molecule has 4 heteroatoms. The molecule has 0 saturated carbocycles. The predicted molar refractivity (Wildman–Crippen MR) is 133 cm³/mol. The summed E-state index contributed by atoms with van der Waals surface area (Å²) in [7, 11) is -3.66. The number of aryl methyl sites for hydroxylation is 1. The van der Waals surface area contributed by atoms with E-state index < -0.39 is 10.1 Å². The van der Waals surface area contributed by atoms with Crippen LogP contribution >= 0.6 is 0 Å². The van der Waals surface area contributed by atoms with E-state index >= 15 is 0 Å². The van der Waals surface area contributed by atoms with Crippen LogP contribution < -0.4 is 0 Å². The highest BCUT2D eigenvalue weighted by Gasteiger charge is 2.18. The van der Waals surface area contributed by atoms with Crippen molar-refractivity contribution in [2.45, 2.75) is 128 Å². The molecule has 0 amide bonds. The fourth-order valence-corrected chi connectivity index (χ4v) is 5.03. The number of unbranched alkanes of at least 4 members (excludes halogenated alkanes) is 12. The molecule has 0 heterocycles. The molecule has 0 bridgehead atoms. The van der Waals surface area contributed by atoms with E-state index in [0.29, 0.717) is 12.5 Å². The normalized spacial score (nSPS) is 12.0. The van der Waals surface area contributed by atoms with Gasteiger partial charge in [-0.1, -0.05) is 121 Å². The highest BCUT2D eigenvalue weighted by Crippen LogP contribution is 2.22. The minimum absolute atomic E-state index is 0.267. The maximum absolute atomic E-state index is 12.6. The van der Waals surface area contributed by atoms with Crippen molar-refractivity contribution >= 4 is 10.1 Å². The van der Waals surface area contributed by atoms with Crippen molar-refractivity contribution in [3.63, 3.8) is 0 Å². The Hall–Kier alpha value is -0.870. The quantitative estimate of drug-likeness (QED) is 0.147. The average Bonchev–Trinajstić information content (AvgIpc) is 2.76. The maximum Gasteiger partial charge on any atom is 0.296 e. The lowest BCUT2D eigenvalue weighted by atomic mass is 9.95. The van der Waals surface area contributed by atoms with Gasteiger partial charge in [0.05, 0.1) is 11.5 Å². The Morgan fingerprint density at radius 1 is 0.677 bits per heavy atom. The van der Waals surface area contributed by atoms with Gasteiger partial charge in [-0.3, -0.25) is 4.18 Å². The smallest absolute Gasteiger partial charge is 0.266 e. The topological polar surface area (TPSA) is 43.4 Å². The van der Waals surface area contributed by atoms with Crippen LogP contribution in [0, 0.1) is 12.8 Å². The van der Waals surface area contributed by atoms with Crippen molar-refractivity contribution in [3.05, 3.63) is 29.8 Å². The molecule has 1 aromatic rings. The Kier molecular flexibility index (Phi) is 16.0. The van der Waals surface area contributed by atoms with Gasteiger partial charge < -0.3 is 0 Å². The fourth-order valence-electron chi connectivity index (χ4n) is 4.05. The molecule has 0 aliphatic carbocycles. The molecule has 0 aliphatic rings. The van der Waals surface area contributed by atoms with Crippen LogP contribution in [0.25, 0.3) is 0 Å². The molecular formula is C27H48O3S. The summed E-state index contributed by atoms with van der Waals surface area (Å²) in [6.07, 6.45) is 20.2. The lowest BCUT2D eigenvalue weighted by Crippen LogP contribution is -2.15. The number of hydrogen-bond donors (Lipinski definition) is 0. The van der Waals surface area contributed by atoms with Gasteiger partial charge in [-0.2, -0.15) is 8.42 Å². The van der Waals surface area contributed by atoms with Gasteiger partial charge >= 0.3 is 0 Å². The van der Waals surface area contributed by atoms with Crippen LogP contribution in [0.3, 0.4) is 0 Å². The summed E-state index contributed by atoms with van der Waals surface area (Å²) in [5.74, 6) is 0.339. The summed E-state index contributed by atoms with van der Waals surface area (Å²) in [4.78, 5) is 0.267. The van der Waals surface area contributed by atoms with E-state index in [1.165, 1.54) is 89.9 Å². The Morgan fingerprint density at radius 2 is 1.10 bits per heavy atom. The minimum atomic E-state index is -3.66. The maximum atomic E-state index is 12.6. The first-order chi connectivity index (χ1) is 15.0. The molecule has 0 radical (unpaired) electrons. The lowest BCUT2D eigenvalue weighted by Gasteiger charge is -2.17. The molecule has 1 rings (SSSR count). The first-order valence-corrected chi connectivity index (χ1v) is 14.4. The van der Waals surface area contributed by atoms with E-state index in [1.54, 1.807) is 12.1 Å². The summed E-state index contributed by atoms with van der Waals surface area (Å²) in [6, 6.07) is 6.94. The third-order valence-corrected chi connectivity index (χ3v) is 7.50. The second-order valence-corrected chi connectivity index (χ2v) is 10.9. The summed E-state index contributed by atoms with van der Waals surface area (Å²) >= 11 is 0. The Balaban J connectivity index is 2.43. The summed E-state index contributed by atoms with van der Waals surface area (Å²) in [5.41, 5.74) is 1.05. The van der Waals surface area contributed by atoms with E-state index in [4.69, 9.17) is 4.18 Å².